The molecule has 0 aromatic carbocycles. The van der Waals surface area contributed by atoms with Gasteiger partial charge in [-0.25, -0.2) is 4.79 Å². The van der Waals surface area contributed by atoms with Crippen molar-refractivity contribution in [3.05, 3.63) is 12.2 Å². The molecule has 0 bridgehead atoms. The van der Waals surface area contributed by atoms with Crippen molar-refractivity contribution in [1.29, 1.82) is 0 Å². The number of aliphatic carboxylic acids is 1. The lowest BCUT2D eigenvalue weighted by Crippen LogP contribution is -2.50. The zero-order chi connectivity index (χ0) is 39.3. The summed E-state index contributed by atoms with van der Waals surface area (Å²) in [5.74, 6) is -1.47. The number of carbonyl (C=O) groups is 3. The SMILES string of the molecule is CCCC/C=C/CCCCCCCC(=O)OCC(COCCC(C(=O)O)[N+](C)(C)C)OC(=O)CCCCCCCCCCCCCCCCCCCC. The molecule has 1 N–H and O–H groups in total. The highest BCUT2D eigenvalue weighted by atomic mass is 16.6. The summed E-state index contributed by atoms with van der Waals surface area (Å²) in [5, 5.41) is 9.61. The fourth-order valence-corrected chi connectivity index (χ4v) is 6.66. The minimum Gasteiger partial charge on any atom is -0.477 e. The monoisotopic (exact) mass is 753 g/mol. The van der Waals surface area contributed by atoms with Crippen LogP contribution < -0.4 is 0 Å². The molecular weight excluding hydrogens is 666 g/mol. The van der Waals surface area contributed by atoms with Crippen LogP contribution in [0.3, 0.4) is 0 Å². The van der Waals surface area contributed by atoms with Crippen molar-refractivity contribution in [3.8, 4) is 0 Å². The van der Waals surface area contributed by atoms with E-state index in [-0.39, 0.29) is 36.2 Å². The summed E-state index contributed by atoms with van der Waals surface area (Å²) in [5.41, 5.74) is 0. The molecule has 0 aliphatic carbocycles. The Balaban J connectivity index is 4.27. The zero-order valence-corrected chi connectivity index (χ0v) is 35.5. The van der Waals surface area contributed by atoms with Crippen LogP contribution in [-0.2, 0) is 28.6 Å². The van der Waals surface area contributed by atoms with Gasteiger partial charge in [0, 0.05) is 19.3 Å². The third-order valence-electron chi connectivity index (χ3n) is 10.2. The largest absolute Gasteiger partial charge is 0.477 e. The molecule has 0 aliphatic heterocycles. The third kappa shape index (κ3) is 35.5. The molecule has 0 saturated carbocycles. The summed E-state index contributed by atoms with van der Waals surface area (Å²) < 4.78 is 17.3. The molecule has 0 saturated heterocycles. The molecule has 0 aliphatic rings. The Hall–Kier alpha value is -1.93. The van der Waals surface area contributed by atoms with Crippen LogP contribution in [0.2, 0.25) is 0 Å². The van der Waals surface area contributed by atoms with Crippen LogP contribution in [0.25, 0.3) is 0 Å². The highest BCUT2D eigenvalue weighted by Crippen LogP contribution is 2.16. The molecule has 0 aromatic heterocycles. The van der Waals surface area contributed by atoms with Gasteiger partial charge in [0.1, 0.15) is 6.61 Å². The summed E-state index contributed by atoms with van der Waals surface area (Å²) >= 11 is 0. The average Bonchev–Trinajstić information content (AvgIpc) is 3.11. The number of carbonyl (C=O) groups excluding carboxylic acids is 2. The Morgan fingerprint density at radius 3 is 1.42 bits per heavy atom. The van der Waals surface area contributed by atoms with Gasteiger partial charge in [-0.05, 0) is 32.1 Å². The highest BCUT2D eigenvalue weighted by molar-refractivity contribution is 5.72. The molecular formula is C45H86NO7+. The van der Waals surface area contributed by atoms with Crippen molar-refractivity contribution in [2.24, 2.45) is 0 Å². The molecule has 0 spiro atoms. The van der Waals surface area contributed by atoms with Gasteiger partial charge in [0.25, 0.3) is 0 Å². The van der Waals surface area contributed by atoms with E-state index in [1.165, 1.54) is 128 Å². The number of rotatable bonds is 40. The number of ether oxygens (including phenoxy) is 3. The number of allylic oxidation sites excluding steroid dienone is 2. The molecule has 0 radical (unpaired) electrons. The second-order valence-corrected chi connectivity index (χ2v) is 16.3. The second-order valence-electron chi connectivity index (χ2n) is 16.3. The third-order valence-corrected chi connectivity index (χ3v) is 10.2. The molecule has 0 aromatic rings. The minimum atomic E-state index is -0.874. The lowest BCUT2D eigenvalue weighted by Gasteiger charge is -2.31. The molecule has 8 heteroatoms. The Morgan fingerprint density at radius 1 is 0.547 bits per heavy atom. The molecule has 2 unspecified atom stereocenters. The highest BCUT2D eigenvalue weighted by Gasteiger charge is 2.31. The van der Waals surface area contributed by atoms with Crippen molar-refractivity contribution in [1.82, 2.24) is 0 Å². The maximum absolute atomic E-state index is 12.7. The summed E-state index contributed by atoms with van der Waals surface area (Å²) in [7, 11) is 5.53. The van der Waals surface area contributed by atoms with E-state index in [0.29, 0.717) is 19.3 Å². The number of hydrogen-bond acceptors (Lipinski definition) is 6. The fraction of sp³-hybridized carbons (Fsp3) is 0.889. The second kappa shape index (κ2) is 37.0. The Labute approximate surface area is 327 Å². The van der Waals surface area contributed by atoms with Crippen LogP contribution in [0.15, 0.2) is 12.2 Å². The molecule has 0 heterocycles. The lowest BCUT2D eigenvalue weighted by molar-refractivity contribution is -0.887. The average molecular weight is 753 g/mol. The normalized spacial score (nSPS) is 13.0. The number of likely N-dealkylation sites (N-methyl/N-ethyl adjacent to an activating group) is 1. The van der Waals surface area contributed by atoms with Crippen LogP contribution in [0.4, 0.5) is 0 Å². The number of nitrogens with zero attached hydrogens (tertiary/aromatic N) is 1. The molecule has 2 atom stereocenters. The lowest BCUT2D eigenvalue weighted by atomic mass is 10.0. The molecule has 312 valence electrons. The predicted molar refractivity (Wildman–Crippen MR) is 220 cm³/mol. The van der Waals surface area contributed by atoms with E-state index in [2.05, 4.69) is 26.0 Å². The van der Waals surface area contributed by atoms with Gasteiger partial charge in [-0.2, -0.15) is 0 Å². The topological polar surface area (TPSA) is 99.1 Å². The van der Waals surface area contributed by atoms with Crippen molar-refractivity contribution >= 4 is 17.9 Å². The number of hydrogen-bond donors (Lipinski definition) is 1. The van der Waals surface area contributed by atoms with Crippen LogP contribution in [0.5, 0.6) is 0 Å². The van der Waals surface area contributed by atoms with Gasteiger partial charge in [0.15, 0.2) is 12.1 Å². The number of esters is 2. The minimum absolute atomic E-state index is 0.0498. The van der Waals surface area contributed by atoms with Gasteiger partial charge in [0.05, 0.1) is 34.4 Å². The quantitative estimate of drug-likeness (QED) is 0.0288. The van der Waals surface area contributed by atoms with Gasteiger partial charge in [-0.3, -0.25) is 9.59 Å². The van der Waals surface area contributed by atoms with Gasteiger partial charge >= 0.3 is 17.9 Å². The van der Waals surface area contributed by atoms with E-state index in [4.69, 9.17) is 14.2 Å². The van der Waals surface area contributed by atoms with Gasteiger partial charge in [0.2, 0.25) is 0 Å². The van der Waals surface area contributed by atoms with Crippen LogP contribution in [-0.4, -0.2) is 80.6 Å². The summed E-state index contributed by atoms with van der Waals surface area (Å²) in [6.45, 7) is 4.71. The fourth-order valence-electron chi connectivity index (χ4n) is 6.66. The first-order valence-corrected chi connectivity index (χ1v) is 22.2. The predicted octanol–water partition coefficient (Wildman–Crippen LogP) is 11.9. The first-order valence-electron chi connectivity index (χ1n) is 22.2. The zero-order valence-electron chi connectivity index (χ0n) is 35.5. The van der Waals surface area contributed by atoms with E-state index in [9.17, 15) is 19.5 Å². The Kier molecular flexibility index (Phi) is 35.7. The van der Waals surface area contributed by atoms with E-state index in [1.807, 2.05) is 21.1 Å². The first kappa shape index (κ1) is 51.1. The van der Waals surface area contributed by atoms with E-state index < -0.39 is 18.1 Å². The molecule has 53 heavy (non-hydrogen) atoms. The van der Waals surface area contributed by atoms with Crippen LogP contribution in [0, 0.1) is 0 Å². The Bertz CT molecular complexity index is 885. The van der Waals surface area contributed by atoms with Crippen LogP contribution >= 0.6 is 0 Å². The maximum Gasteiger partial charge on any atom is 0.362 e. The van der Waals surface area contributed by atoms with Gasteiger partial charge < -0.3 is 23.8 Å². The molecule has 0 amide bonds. The molecule has 0 rings (SSSR count). The number of quaternary nitrogens is 1. The van der Waals surface area contributed by atoms with Gasteiger partial charge in [-0.1, -0.05) is 167 Å². The first-order chi connectivity index (χ1) is 25.6. The van der Waals surface area contributed by atoms with E-state index in [0.717, 1.165) is 44.9 Å². The molecule has 0 fully saturated rings. The van der Waals surface area contributed by atoms with Crippen molar-refractivity contribution < 1.29 is 38.2 Å². The summed E-state index contributed by atoms with van der Waals surface area (Å²) in [6, 6.07) is -0.611. The van der Waals surface area contributed by atoms with Crippen LogP contribution in [0.1, 0.15) is 206 Å². The van der Waals surface area contributed by atoms with Crippen molar-refractivity contribution in [3.63, 3.8) is 0 Å². The van der Waals surface area contributed by atoms with Gasteiger partial charge in [-0.15, -0.1) is 0 Å². The summed E-state index contributed by atoms with van der Waals surface area (Å²) in [6.07, 6.45) is 38.2. The van der Waals surface area contributed by atoms with E-state index in [1.54, 1.807) is 0 Å². The maximum atomic E-state index is 12.7. The Morgan fingerprint density at radius 2 is 0.962 bits per heavy atom. The standard InChI is InChI=1S/C45H85NO7/c1-6-8-10-12-14-16-18-19-20-21-22-23-24-26-28-30-32-34-36-44(48)53-41(39-51-38-37-42(45(49)50)46(3,4)5)40-52-43(47)35-33-31-29-27-25-17-15-13-11-9-7-2/h13,15,41-42H,6-12,14,16-40H2,1-5H3/p+1/b15-13+. The smallest absolute Gasteiger partial charge is 0.362 e. The van der Waals surface area contributed by atoms with Crippen molar-refractivity contribution in [2.45, 2.75) is 219 Å². The number of unbranched alkanes of at least 4 members (excludes halogenated alkanes) is 24. The van der Waals surface area contributed by atoms with E-state index >= 15 is 0 Å². The van der Waals surface area contributed by atoms with Crippen molar-refractivity contribution in [2.75, 3.05) is 41.0 Å². The number of carboxylic acid groups (broad SMARTS) is 1. The summed E-state index contributed by atoms with van der Waals surface area (Å²) in [4.78, 5) is 36.9. The number of carboxylic acids is 1. The molecule has 8 nitrogen and oxygen atoms in total.